The Morgan fingerprint density at radius 3 is 2.74 bits per heavy atom. The number of carbonyl (C=O) groups excluding carboxylic acids is 1. The Kier molecular flexibility index (Phi) is 2.89. The van der Waals surface area contributed by atoms with Gasteiger partial charge in [0, 0.05) is 17.2 Å². The molecule has 2 atom stereocenters. The van der Waals surface area contributed by atoms with Crippen LogP contribution in [0.15, 0.2) is 29.4 Å². The van der Waals surface area contributed by atoms with Crippen molar-refractivity contribution < 1.29 is 10.0 Å². The summed E-state index contributed by atoms with van der Waals surface area (Å²) >= 11 is 0. The number of nitrogens with two attached hydrogens (primary N) is 1. The van der Waals surface area contributed by atoms with Crippen molar-refractivity contribution in [1.82, 2.24) is 0 Å². The molecule has 2 aliphatic rings. The van der Waals surface area contributed by atoms with E-state index in [0.29, 0.717) is 11.3 Å². The molecule has 0 heterocycles. The number of amidine groups is 1. The summed E-state index contributed by atoms with van der Waals surface area (Å²) in [6.07, 6.45) is 3.36. The van der Waals surface area contributed by atoms with E-state index in [9.17, 15) is 4.79 Å². The van der Waals surface area contributed by atoms with E-state index >= 15 is 0 Å². The lowest BCUT2D eigenvalue weighted by atomic mass is 10.0. The minimum Gasteiger partial charge on any atom is -0.409 e. The predicted octanol–water partition coefficient (Wildman–Crippen LogP) is 1.77. The summed E-state index contributed by atoms with van der Waals surface area (Å²) in [5.41, 5.74) is 6.81. The fourth-order valence-corrected chi connectivity index (χ4v) is 2.99. The van der Waals surface area contributed by atoms with E-state index in [1.54, 1.807) is 18.2 Å². The lowest BCUT2D eigenvalue weighted by molar-refractivity contribution is -0.120. The number of nitrogens with zero attached hydrogens (tertiary/aromatic N) is 1. The molecule has 2 unspecified atom stereocenters. The molecule has 1 amide bonds. The molecule has 19 heavy (non-hydrogen) atoms. The molecule has 2 fully saturated rings. The molecule has 0 aliphatic heterocycles. The Morgan fingerprint density at radius 1 is 1.32 bits per heavy atom. The number of amides is 1. The number of anilines is 1. The second-order valence-corrected chi connectivity index (χ2v) is 5.48. The van der Waals surface area contributed by atoms with E-state index in [0.717, 1.165) is 24.7 Å². The van der Waals surface area contributed by atoms with Crippen LogP contribution in [-0.4, -0.2) is 17.0 Å². The minimum atomic E-state index is 0.0400. The van der Waals surface area contributed by atoms with Gasteiger partial charge in [0.25, 0.3) is 0 Å². The van der Waals surface area contributed by atoms with Gasteiger partial charge in [-0.05, 0) is 43.2 Å². The molecule has 2 aliphatic carbocycles. The van der Waals surface area contributed by atoms with Crippen molar-refractivity contribution in [2.45, 2.75) is 19.3 Å². The highest BCUT2D eigenvalue weighted by Gasteiger charge is 2.47. The second-order valence-electron chi connectivity index (χ2n) is 5.48. The summed E-state index contributed by atoms with van der Waals surface area (Å²) in [6.45, 7) is 0. The number of benzene rings is 1. The van der Waals surface area contributed by atoms with Crippen molar-refractivity contribution >= 4 is 17.4 Å². The van der Waals surface area contributed by atoms with Gasteiger partial charge in [0.2, 0.25) is 5.91 Å². The van der Waals surface area contributed by atoms with Gasteiger partial charge in [-0.1, -0.05) is 17.3 Å². The van der Waals surface area contributed by atoms with Crippen LogP contribution in [0, 0.1) is 17.8 Å². The van der Waals surface area contributed by atoms with Gasteiger partial charge in [-0.25, -0.2) is 0 Å². The van der Waals surface area contributed by atoms with Gasteiger partial charge in [0.15, 0.2) is 5.84 Å². The van der Waals surface area contributed by atoms with Crippen molar-refractivity contribution in [2.75, 3.05) is 5.32 Å². The number of rotatable bonds is 3. The molecule has 5 nitrogen and oxygen atoms in total. The summed E-state index contributed by atoms with van der Waals surface area (Å²) in [4.78, 5) is 12.1. The van der Waals surface area contributed by atoms with E-state index in [1.165, 1.54) is 6.42 Å². The quantitative estimate of drug-likeness (QED) is 0.334. The summed E-state index contributed by atoms with van der Waals surface area (Å²) < 4.78 is 0. The standard InChI is InChI=1S/C14H17N3O2/c15-13(17-19)8-2-1-3-12(7-8)16-14(18)11-5-9-4-10(9)6-11/h1-3,7,9-11,19H,4-6H2,(H2,15,17)(H,16,18). The lowest BCUT2D eigenvalue weighted by Gasteiger charge is -2.12. The molecule has 5 heteroatoms. The Hall–Kier alpha value is -2.04. The molecule has 0 saturated heterocycles. The highest BCUT2D eigenvalue weighted by Crippen LogP contribution is 2.54. The maximum Gasteiger partial charge on any atom is 0.227 e. The van der Waals surface area contributed by atoms with Crippen molar-refractivity contribution in [1.29, 1.82) is 0 Å². The summed E-state index contributed by atoms with van der Waals surface area (Å²) in [7, 11) is 0. The molecule has 0 bridgehead atoms. The smallest absolute Gasteiger partial charge is 0.227 e. The monoisotopic (exact) mass is 259 g/mol. The Bertz CT molecular complexity index is 531. The van der Waals surface area contributed by atoms with Crippen LogP contribution in [-0.2, 0) is 4.79 Å². The SMILES string of the molecule is NC(=NO)c1cccc(NC(=O)C2CC3CC3C2)c1. The second kappa shape index (κ2) is 4.57. The molecular formula is C14H17N3O2. The Morgan fingerprint density at radius 2 is 2.05 bits per heavy atom. The molecular weight excluding hydrogens is 242 g/mol. The number of hydrogen-bond donors (Lipinski definition) is 3. The third-order valence-electron chi connectivity index (χ3n) is 4.15. The number of hydrogen-bond acceptors (Lipinski definition) is 3. The van der Waals surface area contributed by atoms with Gasteiger partial charge in [-0.2, -0.15) is 0 Å². The molecule has 4 N–H and O–H groups in total. The van der Waals surface area contributed by atoms with Crippen molar-refractivity contribution in [3.05, 3.63) is 29.8 Å². The molecule has 3 rings (SSSR count). The highest BCUT2D eigenvalue weighted by molar-refractivity contribution is 5.99. The zero-order valence-corrected chi connectivity index (χ0v) is 10.5. The first-order valence-corrected chi connectivity index (χ1v) is 6.56. The average molecular weight is 259 g/mol. The van der Waals surface area contributed by atoms with Crippen LogP contribution in [0.3, 0.4) is 0 Å². The molecule has 0 radical (unpaired) electrons. The molecule has 1 aromatic carbocycles. The van der Waals surface area contributed by atoms with Crippen molar-refractivity contribution in [2.24, 2.45) is 28.6 Å². The fourth-order valence-electron chi connectivity index (χ4n) is 2.99. The maximum atomic E-state index is 12.1. The Balaban J connectivity index is 1.67. The van der Waals surface area contributed by atoms with E-state index in [1.807, 2.05) is 6.07 Å². The Labute approximate surface area is 111 Å². The van der Waals surface area contributed by atoms with Gasteiger partial charge in [0.05, 0.1) is 0 Å². The van der Waals surface area contributed by atoms with Crippen molar-refractivity contribution in [3.8, 4) is 0 Å². The number of fused-ring (bicyclic) bond motifs is 1. The third kappa shape index (κ3) is 2.41. The molecule has 100 valence electrons. The van der Waals surface area contributed by atoms with Gasteiger partial charge in [-0.15, -0.1) is 0 Å². The number of nitrogens with one attached hydrogen (secondary N) is 1. The normalized spacial score (nSPS) is 28.8. The summed E-state index contributed by atoms with van der Waals surface area (Å²) in [6, 6.07) is 7.02. The van der Waals surface area contributed by atoms with E-state index < -0.39 is 0 Å². The average Bonchev–Trinajstić information content (AvgIpc) is 3.04. The van der Waals surface area contributed by atoms with Crippen LogP contribution >= 0.6 is 0 Å². The van der Waals surface area contributed by atoms with Gasteiger partial charge >= 0.3 is 0 Å². The van der Waals surface area contributed by atoms with Crippen LogP contribution < -0.4 is 11.1 Å². The van der Waals surface area contributed by atoms with Crippen LogP contribution in [0.25, 0.3) is 0 Å². The minimum absolute atomic E-state index is 0.0400. The lowest BCUT2D eigenvalue weighted by Crippen LogP contribution is -2.22. The molecule has 0 spiro atoms. The van der Waals surface area contributed by atoms with Gasteiger partial charge in [-0.3, -0.25) is 4.79 Å². The molecule has 0 aromatic heterocycles. The van der Waals surface area contributed by atoms with E-state index in [-0.39, 0.29) is 17.7 Å². The van der Waals surface area contributed by atoms with Crippen molar-refractivity contribution in [3.63, 3.8) is 0 Å². The number of oxime groups is 1. The summed E-state index contributed by atoms with van der Waals surface area (Å²) in [5, 5.41) is 14.5. The number of carbonyl (C=O) groups is 1. The van der Waals surface area contributed by atoms with Crippen LogP contribution in [0.1, 0.15) is 24.8 Å². The highest BCUT2D eigenvalue weighted by atomic mass is 16.4. The fraction of sp³-hybridized carbons (Fsp3) is 0.429. The summed E-state index contributed by atoms with van der Waals surface area (Å²) in [5.74, 6) is 1.86. The zero-order chi connectivity index (χ0) is 13.4. The van der Waals surface area contributed by atoms with Crippen LogP contribution in [0.2, 0.25) is 0 Å². The maximum absolute atomic E-state index is 12.1. The largest absolute Gasteiger partial charge is 0.409 e. The zero-order valence-electron chi connectivity index (χ0n) is 10.5. The van der Waals surface area contributed by atoms with Crippen LogP contribution in [0.4, 0.5) is 5.69 Å². The van der Waals surface area contributed by atoms with E-state index in [4.69, 9.17) is 10.9 Å². The third-order valence-corrected chi connectivity index (χ3v) is 4.15. The van der Waals surface area contributed by atoms with E-state index in [2.05, 4.69) is 10.5 Å². The first-order valence-electron chi connectivity index (χ1n) is 6.56. The van der Waals surface area contributed by atoms with Crippen LogP contribution in [0.5, 0.6) is 0 Å². The molecule has 2 saturated carbocycles. The van der Waals surface area contributed by atoms with Gasteiger partial charge in [0.1, 0.15) is 0 Å². The first kappa shape index (κ1) is 12.0. The topological polar surface area (TPSA) is 87.7 Å². The predicted molar refractivity (Wildman–Crippen MR) is 71.9 cm³/mol. The molecule has 1 aromatic rings. The van der Waals surface area contributed by atoms with Gasteiger partial charge < -0.3 is 16.3 Å². The first-order chi connectivity index (χ1) is 9.17.